The van der Waals surface area contributed by atoms with Crippen LogP contribution in [0.4, 0.5) is 5.69 Å². The van der Waals surface area contributed by atoms with Crippen molar-refractivity contribution in [3.8, 4) is 11.1 Å². The van der Waals surface area contributed by atoms with Gasteiger partial charge in [0.05, 0.1) is 11.6 Å². The Hall–Kier alpha value is -1.67. The molecule has 1 nitrogen and oxygen atoms in total. The minimum Gasteiger partial charge on any atom is -0.334 e. The van der Waals surface area contributed by atoms with E-state index in [0.29, 0.717) is 0 Å². The largest absolute Gasteiger partial charge is 0.334 e. The van der Waals surface area contributed by atoms with E-state index >= 15 is 0 Å². The highest BCUT2D eigenvalue weighted by Gasteiger charge is 2.29. The lowest BCUT2D eigenvalue weighted by atomic mass is 9.78. The molecule has 2 heteroatoms. The summed E-state index contributed by atoms with van der Waals surface area (Å²) in [6.45, 7) is 16.2. The number of rotatable bonds is 2. The molecule has 1 aliphatic carbocycles. The predicted octanol–water partition coefficient (Wildman–Crippen LogP) is 8.55. The van der Waals surface area contributed by atoms with Crippen LogP contribution in [0.1, 0.15) is 83.9 Å². The molecule has 2 aliphatic rings. The van der Waals surface area contributed by atoms with E-state index in [9.17, 15) is 0 Å². The molecule has 0 unspecified atom stereocenters. The summed E-state index contributed by atoms with van der Waals surface area (Å²) in [5.74, 6) is 1.06. The van der Waals surface area contributed by atoms with Gasteiger partial charge in [-0.3, -0.25) is 0 Å². The summed E-state index contributed by atoms with van der Waals surface area (Å²) >= 11 is 2.06. The van der Waals surface area contributed by atoms with Crippen molar-refractivity contribution in [1.82, 2.24) is 0 Å². The first-order valence-corrected chi connectivity index (χ1v) is 12.4. The van der Waals surface area contributed by atoms with Gasteiger partial charge in [-0.1, -0.05) is 77.9 Å². The number of anilines is 1. The molecule has 30 heavy (non-hydrogen) atoms. The van der Waals surface area contributed by atoms with Gasteiger partial charge >= 0.3 is 0 Å². The van der Waals surface area contributed by atoms with Crippen LogP contribution in [0.25, 0.3) is 11.1 Å². The van der Waals surface area contributed by atoms with Crippen molar-refractivity contribution in [3.63, 3.8) is 0 Å². The van der Waals surface area contributed by atoms with E-state index in [1.165, 1.54) is 59.2 Å². The molecule has 1 aliphatic heterocycles. The number of aryl methyl sites for hydroxylation is 1. The van der Waals surface area contributed by atoms with Crippen LogP contribution in [-0.2, 0) is 10.8 Å². The molecule has 0 amide bonds. The Bertz CT molecular complexity index is 952. The highest BCUT2D eigenvalue weighted by molar-refractivity contribution is 8.03. The standard InChI is InChI=1S/C28H37NS/c1-19-11-10-12-23(26(19)29-18-30-25-14-9-8-13-24(25)29)20-15-21(27(2,3)4)17-22(16-20)28(5,6)7/h10-12,15-17H,8-9,13-14,18H2,1-7H3. The summed E-state index contributed by atoms with van der Waals surface area (Å²) in [6, 6.07) is 14.1. The van der Waals surface area contributed by atoms with Gasteiger partial charge in [-0.25, -0.2) is 0 Å². The number of para-hydroxylation sites is 1. The maximum atomic E-state index is 2.63. The second-order valence-electron chi connectivity index (χ2n) is 11.0. The first kappa shape index (κ1) is 21.6. The fraction of sp³-hybridized carbons (Fsp3) is 0.500. The molecular formula is C28H37NS. The molecule has 0 saturated carbocycles. The van der Waals surface area contributed by atoms with Gasteiger partial charge in [-0.15, -0.1) is 11.8 Å². The number of nitrogens with zero attached hydrogens (tertiary/aromatic N) is 1. The van der Waals surface area contributed by atoms with Gasteiger partial charge in [0.2, 0.25) is 0 Å². The number of thioether (sulfide) groups is 1. The summed E-state index contributed by atoms with van der Waals surface area (Å²) in [4.78, 5) is 4.26. The molecule has 4 rings (SSSR count). The summed E-state index contributed by atoms with van der Waals surface area (Å²) in [5, 5.41) is 0. The van der Waals surface area contributed by atoms with E-state index in [1.54, 1.807) is 10.6 Å². The second kappa shape index (κ2) is 7.79. The molecular weight excluding hydrogens is 382 g/mol. The molecule has 1 heterocycles. The Labute approximate surface area is 188 Å². The van der Waals surface area contributed by atoms with Crippen molar-refractivity contribution in [1.29, 1.82) is 0 Å². The molecule has 0 N–H and O–H groups in total. The molecule has 0 bridgehead atoms. The van der Waals surface area contributed by atoms with Crippen LogP contribution < -0.4 is 4.90 Å². The minimum absolute atomic E-state index is 0.128. The van der Waals surface area contributed by atoms with E-state index in [1.807, 2.05) is 0 Å². The Morgan fingerprint density at radius 3 is 2.10 bits per heavy atom. The van der Waals surface area contributed by atoms with Gasteiger partial charge in [0.15, 0.2) is 0 Å². The minimum atomic E-state index is 0.128. The van der Waals surface area contributed by atoms with E-state index in [4.69, 9.17) is 0 Å². The number of allylic oxidation sites excluding steroid dienone is 2. The summed E-state index contributed by atoms with van der Waals surface area (Å²) < 4.78 is 0. The van der Waals surface area contributed by atoms with Crippen LogP contribution in [0.5, 0.6) is 0 Å². The van der Waals surface area contributed by atoms with Crippen LogP contribution in [0.2, 0.25) is 0 Å². The summed E-state index contributed by atoms with van der Waals surface area (Å²) in [7, 11) is 0. The molecule has 0 atom stereocenters. The molecule has 0 spiro atoms. The fourth-order valence-corrected chi connectivity index (χ4v) is 5.86. The SMILES string of the molecule is Cc1cccc(-c2cc(C(C)(C)C)cc(C(C)(C)C)c2)c1N1CSC2=C1CCCC2. The van der Waals surface area contributed by atoms with Crippen LogP contribution in [0.3, 0.4) is 0 Å². The average Bonchev–Trinajstić information content (AvgIpc) is 3.10. The number of hydrogen-bond donors (Lipinski definition) is 0. The quantitative estimate of drug-likeness (QED) is 0.479. The molecule has 2 aromatic carbocycles. The van der Waals surface area contributed by atoms with Crippen molar-refractivity contribution in [2.24, 2.45) is 0 Å². The van der Waals surface area contributed by atoms with Crippen molar-refractivity contribution < 1.29 is 0 Å². The topological polar surface area (TPSA) is 3.24 Å². The third-order valence-corrected chi connectivity index (χ3v) is 7.74. The van der Waals surface area contributed by atoms with E-state index in [0.717, 1.165) is 5.88 Å². The zero-order valence-electron chi connectivity index (χ0n) is 19.9. The van der Waals surface area contributed by atoms with Crippen molar-refractivity contribution in [2.75, 3.05) is 10.8 Å². The summed E-state index contributed by atoms with van der Waals surface area (Å²) in [6.07, 6.45) is 5.17. The van der Waals surface area contributed by atoms with E-state index < -0.39 is 0 Å². The van der Waals surface area contributed by atoms with Crippen LogP contribution >= 0.6 is 11.8 Å². The Kier molecular flexibility index (Phi) is 5.60. The number of hydrogen-bond acceptors (Lipinski definition) is 2. The third kappa shape index (κ3) is 4.08. The first-order chi connectivity index (χ1) is 14.1. The van der Waals surface area contributed by atoms with Crippen LogP contribution in [0.15, 0.2) is 47.0 Å². The third-order valence-electron chi connectivity index (χ3n) is 6.57. The maximum Gasteiger partial charge on any atom is 0.0729 e. The van der Waals surface area contributed by atoms with E-state index in [-0.39, 0.29) is 10.8 Å². The van der Waals surface area contributed by atoms with Gasteiger partial charge in [0.1, 0.15) is 0 Å². The first-order valence-electron chi connectivity index (χ1n) is 11.4. The zero-order valence-corrected chi connectivity index (χ0v) is 20.7. The Balaban J connectivity index is 1.90. The van der Waals surface area contributed by atoms with Crippen molar-refractivity contribution in [2.45, 2.75) is 85.0 Å². The highest BCUT2D eigenvalue weighted by Crippen LogP contribution is 2.47. The Morgan fingerprint density at radius 1 is 0.833 bits per heavy atom. The maximum absolute atomic E-state index is 2.63. The predicted molar refractivity (Wildman–Crippen MR) is 134 cm³/mol. The number of benzene rings is 2. The lowest BCUT2D eigenvalue weighted by Gasteiger charge is -2.30. The molecule has 0 aromatic heterocycles. The normalized spacial score (nSPS) is 17.5. The molecule has 0 radical (unpaired) electrons. The molecule has 160 valence electrons. The lowest BCUT2D eigenvalue weighted by molar-refractivity contribution is 0.569. The monoisotopic (exact) mass is 419 g/mol. The van der Waals surface area contributed by atoms with Gasteiger partial charge < -0.3 is 4.90 Å². The van der Waals surface area contributed by atoms with Gasteiger partial charge in [-0.05, 0) is 65.7 Å². The Morgan fingerprint density at radius 2 is 1.47 bits per heavy atom. The van der Waals surface area contributed by atoms with Crippen molar-refractivity contribution >= 4 is 17.4 Å². The van der Waals surface area contributed by atoms with Crippen LogP contribution in [0, 0.1) is 6.92 Å². The zero-order chi connectivity index (χ0) is 21.7. The smallest absolute Gasteiger partial charge is 0.0729 e. The van der Waals surface area contributed by atoms with Crippen LogP contribution in [-0.4, -0.2) is 5.88 Å². The van der Waals surface area contributed by atoms with Gasteiger partial charge in [-0.2, -0.15) is 0 Å². The van der Waals surface area contributed by atoms with Crippen molar-refractivity contribution in [3.05, 3.63) is 63.7 Å². The van der Waals surface area contributed by atoms with E-state index in [2.05, 4.69) is 102 Å². The molecule has 0 fully saturated rings. The lowest BCUT2D eigenvalue weighted by Crippen LogP contribution is -2.21. The summed E-state index contributed by atoms with van der Waals surface area (Å²) in [5.41, 5.74) is 10.2. The molecule has 2 aromatic rings. The van der Waals surface area contributed by atoms with Gasteiger partial charge in [0, 0.05) is 16.2 Å². The fourth-order valence-electron chi connectivity index (χ4n) is 4.62. The molecule has 0 saturated heterocycles. The average molecular weight is 420 g/mol. The second-order valence-corrected chi connectivity index (χ2v) is 12.1. The van der Waals surface area contributed by atoms with Gasteiger partial charge in [0.25, 0.3) is 0 Å². The highest BCUT2D eigenvalue weighted by atomic mass is 32.2.